The van der Waals surface area contributed by atoms with Crippen LogP contribution >= 0.6 is 0 Å². The summed E-state index contributed by atoms with van der Waals surface area (Å²) < 4.78 is 13.2. The number of aliphatic hydroxyl groups is 1. The van der Waals surface area contributed by atoms with Crippen molar-refractivity contribution in [3.63, 3.8) is 0 Å². The SMILES string of the molecule is OCCCN1CCC(c2[nH]nc3cc(F)ccc23)CC1. The van der Waals surface area contributed by atoms with E-state index in [4.69, 9.17) is 5.11 Å². The third-order valence-corrected chi connectivity index (χ3v) is 4.18. The lowest BCUT2D eigenvalue weighted by Crippen LogP contribution is -2.34. The van der Waals surface area contributed by atoms with Crippen molar-refractivity contribution in [1.82, 2.24) is 15.1 Å². The van der Waals surface area contributed by atoms with Crippen LogP contribution in [-0.2, 0) is 0 Å². The molecule has 0 radical (unpaired) electrons. The molecule has 0 bridgehead atoms. The highest BCUT2D eigenvalue weighted by Crippen LogP contribution is 2.31. The molecule has 1 saturated heterocycles. The summed E-state index contributed by atoms with van der Waals surface area (Å²) in [6, 6.07) is 4.80. The van der Waals surface area contributed by atoms with E-state index >= 15 is 0 Å². The molecule has 1 aliphatic rings. The predicted molar refractivity (Wildman–Crippen MR) is 76.2 cm³/mol. The van der Waals surface area contributed by atoms with Gasteiger partial charge in [0.2, 0.25) is 0 Å². The fourth-order valence-corrected chi connectivity index (χ4v) is 3.06. The average Bonchev–Trinajstić information content (AvgIpc) is 2.88. The number of likely N-dealkylation sites (tertiary alicyclic amines) is 1. The maximum atomic E-state index is 13.2. The maximum absolute atomic E-state index is 13.2. The number of hydrogen-bond donors (Lipinski definition) is 2. The summed E-state index contributed by atoms with van der Waals surface area (Å²) in [5.41, 5.74) is 1.85. The van der Waals surface area contributed by atoms with Gasteiger partial charge in [0, 0.05) is 36.2 Å². The lowest BCUT2D eigenvalue weighted by atomic mass is 9.91. The van der Waals surface area contributed by atoms with E-state index in [1.807, 2.05) is 6.07 Å². The van der Waals surface area contributed by atoms with E-state index in [1.54, 1.807) is 0 Å². The van der Waals surface area contributed by atoms with Gasteiger partial charge in [0.25, 0.3) is 0 Å². The molecule has 2 heterocycles. The molecular weight excluding hydrogens is 257 g/mol. The Morgan fingerprint density at radius 2 is 2.15 bits per heavy atom. The van der Waals surface area contributed by atoms with E-state index in [-0.39, 0.29) is 12.4 Å². The summed E-state index contributed by atoms with van der Waals surface area (Å²) in [7, 11) is 0. The Balaban J connectivity index is 1.70. The number of hydrogen-bond acceptors (Lipinski definition) is 3. The van der Waals surface area contributed by atoms with Crippen molar-refractivity contribution in [3.8, 4) is 0 Å². The van der Waals surface area contributed by atoms with Crippen LogP contribution in [0, 0.1) is 5.82 Å². The van der Waals surface area contributed by atoms with Crippen molar-refractivity contribution < 1.29 is 9.50 Å². The number of nitrogens with one attached hydrogen (secondary N) is 1. The van der Waals surface area contributed by atoms with Crippen molar-refractivity contribution >= 4 is 10.9 Å². The summed E-state index contributed by atoms with van der Waals surface area (Å²) >= 11 is 0. The molecule has 0 aliphatic carbocycles. The zero-order valence-corrected chi connectivity index (χ0v) is 11.5. The molecule has 0 spiro atoms. The van der Waals surface area contributed by atoms with E-state index in [1.165, 1.54) is 12.1 Å². The van der Waals surface area contributed by atoms with Crippen LogP contribution in [0.15, 0.2) is 18.2 Å². The Hall–Kier alpha value is -1.46. The van der Waals surface area contributed by atoms with Crippen molar-refractivity contribution in [1.29, 1.82) is 0 Å². The first-order chi connectivity index (χ1) is 9.78. The number of aromatic amines is 1. The molecule has 4 nitrogen and oxygen atoms in total. The quantitative estimate of drug-likeness (QED) is 0.901. The molecule has 0 unspecified atom stereocenters. The van der Waals surface area contributed by atoms with E-state index < -0.39 is 0 Å². The molecule has 0 amide bonds. The Morgan fingerprint density at radius 1 is 1.35 bits per heavy atom. The van der Waals surface area contributed by atoms with Crippen molar-refractivity contribution in [2.75, 3.05) is 26.2 Å². The molecular formula is C15H20FN3O. The summed E-state index contributed by atoms with van der Waals surface area (Å²) in [4.78, 5) is 2.39. The van der Waals surface area contributed by atoms with Gasteiger partial charge in [-0.05, 0) is 44.5 Å². The smallest absolute Gasteiger partial charge is 0.125 e. The third-order valence-electron chi connectivity index (χ3n) is 4.18. The lowest BCUT2D eigenvalue weighted by Gasteiger charge is -2.31. The van der Waals surface area contributed by atoms with Crippen LogP contribution in [0.4, 0.5) is 4.39 Å². The zero-order chi connectivity index (χ0) is 13.9. The number of aliphatic hydroxyl groups excluding tert-OH is 1. The summed E-state index contributed by atoms with van der Waals surface area (Å²) in [6.45, 7) is 3.33. The van der Waals surface area contributed by atoms with Gasteiger partial charge in [0.05, 0.1) is 5.52 Å². The van der Waals surface area contributed by atoms with Gasteiger partial charge < -0.3 is 10.0 Å². The highest BCUT2D eigenvalue weighted by atomic mass is 19.1. The summed E-state index contributed by atoms with van der Waals surface area (Å²) in [6.07, 6.45) is 3.01. The van der Waals surface area contributed by atoms with Crippen LogP contribution in [-0.4, -0.2) is 46.4 Å². The molecule has 1 aromatic carbocycles. The minimum atomic E-state index is -0.241. The fourth-order valence-electron chi connectivity index (χ4n) is 3.06. The highest BCUT2D eigenvalue weighted by Gasteiger charge is 2.23. The first-order valence-corrected chi connectivity index (χ1v) is 7.24. The number of fused-ring (bicyclic) bond motifs is 1. The minimum Gasteiger partial charge on any atom is -0.396 e. The van der Waals surface area contributed by atoms with Gasteiger partial charge in [0.1, 0.15) is 5.82 Å². The third kappa shape index (κ3) is 2.69. The maximum Gasteiger partial charge on any atom is 0.125 e. The molecule has 1 aromatic heterocycles. The van der Waals surface area contributed by atoms with E-state index in [0.29, 0.717) is 11.4 Å². The second-order valence-corrected chi connectivity index (χ2v) is 5.49. The van der Waals surface area contributed by atoms with E-state index in [2.05, 4.69) is 15.1 Å². The molecule has 2 N–H and O–H groups in total. The van der Waals surface area contributed by atoms with Gasteiger partial charge >= 0.3 is 0 Å². The monoisotopic (exact) mass is 277 g/mol. The van der Waals surface area contributed by atoms with E-state index in [0.717, 1.165) is 50.0 Å². The Morgan fingerprint density at radius 3 is 2.90 bits per heavy atom. The number of halogens is 1. The lowest BCUT2D eigenvalue weighted by molar-refractivity contribution is 0.187. The van der Waals surface area contributed by atoms with Crippen LogP contribution in [0.1, 0.15) is 30.9 Å². The first-order valence-electron chi connectivity index (χ1n) is 7.24. The first kappa shape index (κ1) is 13.5. The fraction of sp³-hybridized carbons (Fsp3) is 0.533. The van der Waals surface area contributed by atoms with Gasteiger partial charge in [0.15, 0.2) is 0 Å². The van der Waals surface area contributed by atoms with Gasteiger partial charge in [-0.3, -0.25) is 5.10 Å². The van der Waals surface area contributed by atoms with Gasteiger partial charge in [-0.1, -0.05) is 0 Å². The molecule has 20 heavy (non-hydrogen) atoms. The summed E-state index contributed by atoms with van der Waals surface area (Å²) in [5.74, 6) is 0.227. The van der Waals surface area contributed by atoms with Crippen molar-refractivity contribution in [2.45, 2.75) is 25.2 Å². The Kier molecular flexibility index (Phi) is 3.98. The average molecular weight is 277 g/mol. The number of rotatable bonds is 4. The predicted octanol–water partition coefficient (Wildman–Crippen LogP) is 2.26. The van der Waals surface area contributed by atoms with Crippen LogP contribution in [0.5, 0.6) is 0 Å². The largest absolute Gasteiger partial charge is 0.396 e. The topological polar surface area (TPSA) is 52.1 Å². The number of piperidine rings is 1. The normalized spacial score (nSPS) is 17.9. The molecule has 5 heteroatoms. The molecule has 0 saturated carbocycles. The van der Waals surface area contributed by atoms with Crippen molar-refractivity contribution in [3.05, 3.63) is 29.7 Å². The molecule has 108 valence electrons. The van der Waals surface area contributed by atoms with Crippen LogP contribution in [0.3, 0.4) is 0 Å². The molecule has 1 fully saturated rings. The van der Waals surface area contributed by atoms with Crippen LogP contribution < -0.4 is 0 Å². The standard InChI is InChI=1S/C15H20FN3O/c16-12-2-3-13-14(10-12)17-18-15(13)11-4-7-19(8-5-11)6-1-9-20/h2-3,10-11,20H,1,4-9H2,(H,17,18). The Labute approximate surface area is 117 Å². The second-order valence-electron chi connectivity index (χ2n) is 5.49. The van der Waals surface area contributed by atoms with Crippen molar-refractivity contribution in [2.24, 2.45) is 0 Å². The molecule has 2 aromatic rings. The highest BCUT2D eigenvalue weighted by molar-refractivity contribution is 5.81. The number of aromatic nitrogens is 2. The summed E-state index contributed by atoms with van der Waals surface area (Å²) in [5, 5.41) is 17.2. The Bertz CT molecular complexity index is 576. The van der Waals surface area contributed by atoms with Gasteiger partial charge in [-0.2, -0.15) is 5.10 Å². The van der Waals surface area contributed by atoms with Crippen LogP contribution in [0.2, 0.25) is 0 Å². The molecule has 0 atom stereocenters. The number of benzene rings is 1. The molecule has 1 aliphatic heterocycles. The van der Waals surface area contributed by atoms with Crippen LogP contribution in [0.25, 0.3) is 10.9 Å². The zero-order valence-electron chi connectivity index (χ0n) is 11.5. The van der Waals surface area contributed by atoms with Gasteiger partial charge in [-0.15, -0.1) is 0 Å². The number of nitrogens with zero attached hydrogens (tertiary/aromatic N) is 2. The van der Waals surface area contributed by atoms with Gasteiger partial charge in [-0.25, -0.2) is 4.39 Å². The minimum absolute atomic E-state index is 0.241. The molecule has 3 rings (SSSR count). The number of H-pyrrole nitrogens is 1. The van der Waals surface area contributed by atoms with E-state index in [9.17, 15) is 4.39 Å². The second kappa shape index (κ2) is 5.89.